The number of carbonyl (C=O) groups excluding carboxylic acids is 1. The number of benzene rings is 1. The van der Waals surface area contributed by atoms with Crippen molar-refractivity contribution in [2.75, 3.05) is 23.3 Å². The maximum absolute atomic E-state index is 13.2. The zero-order valence-electron chi connectivity index (χ0n) is 18.0. The lowest BCUT2D eigenvalue weighted by atomic mass is 9.97. The lowest BCUT2D eigenvalue weighted by Gasteiger charge is -2.32. The molecule has 0 radical (unpaired) electrons. The molecule has 1 N–H and O–H groups in total. The van der Waals surface area contributed by atoms with E-state index in [1.807, 2.05) is 4.90 Å². The average Bonchev–Trinajstić information content (AvgIpc) is 3.47. The van der Waals surface area contributed by atoms with Crippen LogP contribution in [0, 0.1) is 5.92 Å². The van der Waals surface area contributed by atoms with Crippen molar-refractivity contribution in [2.24, 2.45) is 5.92 Å². The van der Waals surface area contributed by atoms with Crippen molar-refractivity contribution in [3.8, 4) is 0 Å². The van der Waals surface area contributed by atoms with E-state index in [1.165, 1.54) is 12.3 Å². The third kappa shape index (κ3) is 4.45. The Morgan fingerprint density at radius 1 is 1.24 bits per heavy atom. The van der Waals surface area contributed by atoms with E-state index in [4.69, 9.17) is 4.42 Å². The molecular weight excluding hydrogens is 449 g/mol. The molecule has 1 amide bonds. The number of hydrogen-bond donors (Lipinski definition) is 1. The number of fused-ring (bicyclic) bond motifs is 1. The third-order valence-electron chi connectivity index (χ3n) is 5.87. The highest BCUT2D eigenvalue weighted by molar-refractivity contribution is 5.93. The normalized spacial score (nSPS) is 16.7. The van der Waals surface area contributed by atoms with Gasteiger partial charge in [-0.1, -0.05) is 0 Å². The van der Waals surface area contributed by atoms with Crippen LogP contribution in [-0.4, -0.2) is 38.5 Å². The van der Waals surface area contributed by atoms with E-state index in [2.05, 4.69) is 20.3 Å². The Kier molecular flexibility index (Phi) is 5.68. The maximum Gasteiger partial charge on any atom is 0.416 e. The van der Waals surface area contributed by atoms with Crippen LogP contribution in [0.15, 0.2) is 59.6 Å². The summed E-state index contributed by atoms with van der Waals surface area (Å²) < 4.78 is 46.7. The number of furan rings is 1. The highest BCUT2D eigenvalue weighted by Crippen LogP contribution is 2.33. The molecule has 8 nitrogen and oxygen atoms in total. The number of hydrogen-bond acceptors (Lipinski definition) is 6. The van der Waals surface area contributed by atoms with Gasteiger partial charge < -0.3 is 13.9 Å². The number of piperidine rings is 1. The fraction of sp³-hybridized carbons (Fsp3) is 0.304. The zero-order valence-corrected chi connectivity index (χ0v) is 18.0. The Balaban J connectivity index is 1.43. The van der Waals surface area contributed by atoms with Gasteiger partial charge in [-0.15, -0.1) is 0 Å². The van der Waals surface area contributed by atoms with Crippen LogP contribution < -0.4 is 10.2 Å². The van der Waals surface area contributed by atoms with Gasteiger partial charge in [0.1, 0.15) is 11.6 Å². The molecule has 1 unspecified atom stereocenters. The van der Waals surface area contributed by atoms with E-state index in [0.29, 0.717) is 30.1 Å². The predicted molar refractivity (Wildman–Crippen MR) is 118 cm³/mol. The lowest BCUT2D eigenvalue weighted by molar-refractivity contribution is -0.137. The van der Waals surface area contributed by atoms with E-state index >= 15 is 0 Å². The van der Waals surface area contributed by atoms with Gasteiger partial charge in [0.15, 0.2) is 0 Å². The molecule has 1 aliphatic heterocycles. The summed E-state index contributed by atoms with van der Waals surface area (Å²) in [5.41, 5.74) is -0.196. The Bertz CT molecular complexity index is 1290. The molecule has 1 fully saturated rings. The number of carbonyl (C=O) groups is 1. The summed E-state index contributed by atoms with van der Waals surface area (Å²) in [7, 11) is 0. The van der Waals surface area contributed by atoms with Crippen molar-refractivity contribution in [3.05, 3.63) is 66.5 Å². The summed E-state index contributed by atoms with van der Waals surface area (Å²) in [5, 5.41) is 2.84. The monoisotopic (exact) mass is 470 g/mol. The Labute approximate surface area is 192 Å². The van der Waals surface area contributed by atoms with Gasteiger partial charge in [-0.25, -0.2) is 9.97 Å². The van der Waals surface area contributed by atoms with Gasteiger partial charge in [0.05, 0.1) is 41.5 Å². The minimum atomic E-state index is -4.49. The van der Waals surface area contributed by atoms with Gasteiger partial charge in [-0.3, -0.25) is 15.1 Å². The molecule has 4 heterocycles. The van der Waals surface area contributed by atoms with Gasteiger partial charge in [0, 0.05) is 25.5 Å². The second-order valence-electron chi connectivity index (χ2n) is 8.14. The second-order valence-corrected chi connectivity index (χ2v) is 8.14. The summed E-state index contributed by atoms with van der Waals surface area (Å²) >= 11 is 0. The summed E-state index contributed by atoms with van der Waals surface area (Å²) in [6, 6.07) is 6.83. The molecule has 1 saturated heterocycles. The van der Waals surface area contributed by atoms with Crippen molar-refractivity contribution in [1.29, 1.82) is 0 Å². The first kappa shape index (κ1) is 21.9. The van der Waals surface area contributed by atoms with Crippen molar-refractivity contribution in [3.63, 3.8) is 0 Å². The quantitative estimate of drug-likeness (QED) is 0.467. The van der Waals surface area contributed by atoms with Gasteiger partial charge in [-0.2, -0.15) is 13.2 Å². The van der Waals surface area contributed by atoms with Crippen LogP contribution in [0.4, 0.5) is 24.9 Å². The zero-order chi connectivity index (χ0) is 23.7. The smallest absolute Gasteiger partial charge is 0.416 e. The highest BCUT2D eigenvalue weighted by atomic mass is 19.4. The Morgan fingerprint density at radius 2 is 2.12 bits per heavy atom. The molecule has 0 spiro atoms. The number of imidazole rings is 1. The summed E-state index contributed by atoms with van der Waals surface area (Å²) in [6.45, 7) is 1.43. The molecule has 1 aromatic carbocycles. The SMILES string of the molecule is O=C(Nc1nc2cc(C(F)(F)F)ccc2n1Cc1ccco1)C1CCCN(c2cnccn2)C1. The summed E-state index contributed by atoms with van der Waals surface area (Å²) in [4.78, 5) is 27.9. The number of nitrogens with zero attached hydrogens (tertiary/aromatic N) is 5. The van der Waals surface area contributed by atoms with E-state index < -0.39 is 11.7 Å². The fourth-order valence-corrected chi connectivity index (χ4v) is 4.19. The molecule has 176 valence electrons. The van der Waals surface area contributed by atoms with Gasteiger partial charge in [0.2, 0.25) is 11.9 Å². The standard InChI is InChI=1S/C23H21F3N6O2/c24-23(25,26)16-5-6-19-18(11-16)29-22(32(19)14-17-4-2-10-34-17)30-21(33)15-3-1-9-31(13-15)20-12-27-7-8-28-20/h2,4-8,10-12,15H,1,3,9,13-14H2,(H,29,30,33). The summed E-state index contributed by atoms with van der Waals surface area (Å²) in [5.74, 6) is 0.872. The van der Waals surface area contributed by atoms with Crippen LogP contribution in [0.3, 0.4) is 0 Å². The largest absolute Gasteiger partial charge is 0.467 e. The maximum atomic E-state index is 13.2. The number of anilines is 2. The van der Waals surface area contributed by atoms with E-state index in [9.17, 15) is 18.0 Å². The first-order valence-corrected chi connectivity index (χ1v) is 10.8. The number of nitrogens with one attached hydrogen (secondary N) is 1. The third-order valence-corrected chi connectivity index (χ3v) is 5.87. The predicted octanol–water partition coefficient (Wildman–Crippen LogP) is 4.34. The van der Waals surface area contributed by atoms with E-state index in [-0.39, 0.29) is 29.8 Å². The average molecular weight is 470 g/mol. The molecule has 0 aliphatic carbocycles. The molecule has 0 saturated carbocycles. The van der Waals surface area contributed by atoms with Crippen LogP contribution in [0.1, 0.15) is 24.2 Å². The Morgan fingerprint density at radius 3 is 2.85 bits per heavy atom. The molecular formula is C23H21F3N6O2. The van der Waals surface area contributed by atoms with Gasteiger partial charge in [-0.05, 0) is 43.2 Å². The number of rotatable bonds is 5. The summed E-state index contributed by atoms with van der Waals surface area (Å²) in [6.07, 6.45) is 3.34. The number of aromatic nitrogens is 4. The molecule has 4 aromatic rings. The van der Waals surface area contributed by atoms with Crippen molar-refractivity contribution < 1.29 is 22.4 Å². The highest BCUT2D eigenvalue weighted by Gasteiger charge is 2.32. The number of halogens is 3. The van der Waals surface area contributed by atoms with Crippen molar-refractivity contribution >= 4 is 28.7 Å². The van der Waals surface area contributed by atoms with Gasteiger partial charge >= 0.3 is 6.18 Å². The molecule has 3 aromatic heterocycles. The van der Waals surface area contributed by atoms with Crippen LogP contribution in [-0.2, 0) is 17.5 Å². The van der Waals surface area contributed by atoms with Crippen LogP contribution in [0.2, 0.25) is 0 Å². The van der Waals surface area contributed by atoms with E-state index in [0.717, 1.165) is 25.1 Å². The van der Waals surface area contributed by atoms with Crippen LogP contribution in [0.5, 0.6) is 0 Å². The lowest BCUT2D eigenvalue weighted by Crippen LogP contribution is -2.41. The fourth-order valence-electron chi connectivity index (χ4n) is 4.19. The van der Waals surface area contributed by atoms with Crippen LogP contribution in [0.25, 0.3) is 11.0 Å². The molecule has 0 bridgehead atoms. The minimum absolute atomic E-state index is 0.140. The first-order chi connectivity index (χ1) is 16.4. The van der Waals surface area contributed by atoms with Crippen molar-refractivity contribution in [1.82, 2.24) is 19.5 Å². The second kappa shape index (κ2) is 8.81. The van der Waals surface area contributed by atoms with Crippen LogP contribution >= 0.6 is 0 Å². The minimum Gasteiger partial charge on any atom is -0.467 e. The molecule has 34 heavy (non-hydrogen) atoms. The molecule has 11 heteroatoms. The molecule has 1 atom stereocenters. The number of amides is 1. The Hall–Kier alpha value is -3.89. The topological polar surface area (TPSA) is 89.1 Å². The van der Waals surface area contributed by atoms with Crippen molar-refractivity contribution in [2.45, 2.75) is 25.6 Å². The molecule has 1 aliphatic rings. The number of alkyl halides is 3. The molecule has 5 rings (SSSR count). The first-order valence-electron chi connectivity index (χ1n) is 10.8. The van der Waals surface area contributed by atoms with Gasteiger partial charge in [0.25, 0.3) is 0 Å². The van der Waals surface area contributed by atoms with E-state index in [1.54, 1.807) is 35.3 Å².